The minimum Gasteiger partial charge on any atom is -0.496 e. The van der Waals surface area contributed by atoms with Crippen LogP contribution in [0.2, 0.25) is 0 Å². The molecule has 2 aromatic carbocycles. The summed E-state index contributed by atoms with van der Waals surface area (Å²) in [5, 5.41) is 0. The highest BCUT2D eigenvalue weighted by Crippen LogP contribution is 2.34. The Morgan fingerprint density at radius 2 is 1.78 bits per heavy atom. The molecule has 3 rings (SSSR count). The summed E-state index contributed by atoms with van der Waals surface area (Å²) in [6.45, 7) is 0. The Hall–Kier alpha value is -2.02. The van der Waals surface area contributed by atoms with Gasteiger partial charge in [0, 0.05) is 11.5 Å². The zero-order chi connectivity index (χ0) is 12.4. The van der Waals surface area contributed by atoms with Gasteiger partial charge in [-0.15, -0.1) is 0 Å². The molecule has 0 N–H and O–H groups in total. The molecular weight excluding hydrogens is 220 g/mol. The second-order valence-electron chi connectivity index (χ2n) is 4.61. The Morgan fingerprint density at radius 1 is 1.00 bits per heavy atom. The molecule has 0 amide bonds. The van der Waals surface area contributed by atoms with Crippen molar-refractivity contribution in [3.8, 4) is 5.75 Å². The maximum atomic E-state index is 5.45. The fourth-order valence-corrected chi connectivity index (χ4v) is 2.59. The Balaban J connectivity index is 1.97. The van der Waals surface area contributed by atoms with Gasteiger partial charge in [-0.2, -0.15) is 0 Å². The zero-order valence-corrected chi connectivity index (χ0v) is 10.5. The van der Waals surface area contributed by atoms with E-state index in [1.54, 1.807) is 7.11 Å². The van der Waals surface area contributed by atoms with Crippen molar-refractivity contribution >= 4 is 6.08 Å². The number of fused-ring (bicyclic) bond motifs is 1. The first-order valence-corrected chi connectivity index (χ1v) is 6.27. The van der Waals surface area contributed by atoms with Crippen LogP contribution in [0.5, 0.6) is 5.75 Å². The van der Waals surface area contributed by atoms with E-state index in [-0.39, 0.29) is 0 Å². The van der Waals surface area contributed by atoms with Crippen LogP contribution >= 0.6 is 0 Å². The van der Waals surface area contributed by atoms with Crippen LogP contribution in [0.3, 0.4) is 0 Å². The number of allylic oxidation sites excluding steroid dienone is 1. The lowest BCUT2D eigenvalue weighted by molar-refractivity contribution is 0.407. The topological polar surface area (TPSA) is 9.23 Å². The molecule has 0 saturated heterocycles. The number of hydrogen-bond donors (Lipinski definition) is 0. The van der Waals surface area contributed by atoms with Crippen molar-refractivity contribution in [1.82, 2.24) is 0 Å². The Morgan fingerprint density at radius 3 is 2.67 bits per heavy atom. The highest BCUT2D eigenvalue weighted by molar-refractivity contribution is 5.59. The van der Waals surface area contributed by atoms with Gasteiger partial charge >= 0.3 is 0 Å². The van der Waals surface area contributed by atoms with Gasteiger partial charge in [0.25, 0.3) is 0 Å². The predicted molar refractivity (Wildman–Crippen MR) is 74.9 cm³/mol. The third kappa shape index (κ3) is 1.92. The molecular formula is C17H16O. The van der Waals surface area contributed by atoms with E-state index in [1.807, 2.05) is 12.1 Å². The quantitative estimate of drug-likeness (QED) is 0.764. The van der Waals surface area contributed by atoms with Crippen molar-refractivity contribution in [2.75, 3.05) is 7.11 Å². The van der Waals surface area contributed by atoms with E-state index < -0.39 is 0 Å². The number of para-hydroxylation sites is 1. The summed E-state index contributed by atoms with van der Waals surface area (Å²) < 4.78 is 5.45. The molecule has 2 aromatic rings. The Kier molecular flexibility index (Phi) is 2.89. The SMILES string of the molecule is COc1ccccc1C1C=Cc2ccccc2C1. The molecule has 1 heteroatoms. The average Bonchev–Trinajstić information content (AvgIpc) is 2.46. The van der Waals surface area contributed by atoms with Gasteiger partial charge in [0.2, 0.25) is 0 Å². The highest BCUT2D eigenvalue weighted by Gasteiger charge is 2.17. The number of benzene rings is 2. The number of rotatable bonds is 2. The molecule has 1 nitrogen and oxygen atoms in total. The van der Waals surface area contributed by atoms with Crippen LogP contribution in [-0.2, 0) is 6.42 Å². The molecule has 90 valence electrons. The van der Waals surface area contributed by atoms with E-state index in [0.29, 0.717) is 5.92 Å². The molecule has 1 aliphatic rings. The zero-order valence-electron chi connectivity index (χ0n) is 10.5. The van der Waals surface area contributed by atoms with Crippen LogP contribution in [0.1, 0.15) is 22.6 Å². The van der Waals surface area contributed by atoms with Crippen molar-refractivity contribution in [1.29, 1.82) is 0 Å². The summed E-state index contributed by atoms with van der Waals surface area (Å²) in [7, 11) is 1.74. The summed E-state index contributed by atoms with van der Waals surface area (Å²) in [4.78, 5) is 0. The summed E-state index contributed by atoms with van der Waals surface area (Å²) in [6.07, 6.45) is 5.54. The third-order valence-electron chi connectivity index (χ3n) is 3.54. The van der Waals surface area contributed by atoms with Gasteiger partial charge in [0.05, 0.1) is 7.11 Å². The van der Waals surface area contributed by atoms with E-state index in [0.717, 1.165) is 12.2 Å². The van der Waals surface area contributed by atoms with Crippen LogP contribution in [0, 0.1) is 0 Å². The monoisotopic (exact) mass is 236 g/mol. The largest absolute Gasteiger partial charge is 0.496 e. The van der Waals surface area contributed by atoms with E-state index in [1.165, 1.54) is 16.7 Å². The van der Waals surface area contributed by atoms with Crippen molar-refractivity contribution < 1.29 is 4.74 Å². The van der Waals surface area contributed by atoms with Gasteiger partial charge in [-0.05, 0) is 23.6 Å². The molecule has 0 fully saturated rings. The molecule has 1 atom stereocenters. The second-order valence-corrected chi connectivity index (χ2v) is 4.61. The van der Waals surface area contributed by atoms with Gasteiger partial charge in [-0.3, -0.25) is 0 Å². The molecule has 0 radical (unpaired) electrons. The van der Waals surface area contributed by atoms with Gasteiger partial charge in [0.15, 0.2) is 0 Å². The van der Waals surface area contributed by atoms with Crippen LogP contribution < -0.4 is 4.74 Å². The summed E-state index contributed by atoms with van der Waals surface area (Å²) in [6, 6.07) is 16.9. The number of ether oxygens (including phenoxy) is 1. The minimum absolute atomic E-state index is 0.413. The molecule has 0 saturated carbocycles. The van der Waals surface area contributed by atoms with Crippen LogP contribution in [0.15, 0.2) is 54.6 Å². The lowest BCUT2D eigenvalue weighted by Gasteiger charge is -2.21. The van der Waals surface area contributed by atoms with E-state index in [2.05, 4.69) is 48.6 Å². The first-order valence-electron chi connectivity index (χ1n) is 6.27. The van der Waals surface area contributed by atoms with Crippen molar-refractivity contribution in [3.63, 3.8) is 0 Å². The molecule has 0 spiro atoms. The lowest BCUT2D eigenvalue weighted by Crippen LogP contribution is -2.06. The predicted octanol–water partition coefficient (Wildman–Crippen LogP) is 4.05. The first-order chi connectivity index (χ1) is 8.88. The van der Waals surface area contributed by atoms with Crippen molar-refractivity contribution in [2.45, 2.75) is 12.3 Å². The van der Waals surface area contributed by atoms with Gasteiger partial charge < -0.3 is 4.74 Å². The van der Waals surface area contributed by atoms with E-state index in [9.17, 15) is 0 Å². The number of methoxy groups -OCH3 is 1. The summed E-state index contributed by atoms with van der Waals surface area (Å²) >= 11 is 0. The lowest BCUT2D eigenvalue weighted by atomic mass is 9.85. The fourth-order valence-electron chi connectivity index (χ4n) is 2.59. The van der Waals surface area contributed by atoms with Crippen molar-refractivity contribution in [3.05, 3.63) is 71.3 Å². The van der Waals surface area contributed by atoms with Gasteiger partial charge in [-0.25, -0.2) is 0 Å². The smallest absolute Gasteiger partial charge is 0.122 e. The van der Waals surface area contributed by atoms with Crippen LogP contribution in [0.25, 0.3) is 6.08 Å². The molecule has 0 heterocycles. The maximum Gasteiger partial charge on any atom is 0.122 e. The minimum atomic E-state index is 0.413. The Labute approximate surface area is 108 Å². The molecule has 0 aliphatic heterocycles. The second kappa shape index (κ2) is 4.69. The van der Waals surface area contributed by atoms with Crippen LogP contribution in [-0.4, -0.2) is 7.11 Å². The average molecular weight is 236 g/mol. The summed E-state index contributed by atoms with van der Waals surface area (Å²) in [5.41, 5.74) is 4.02. The van der Waals surface area contributed by atoms with Crippen molar-refractivity contribution in [2.24, 2.45) is 0 Å². The van der Waals surface area contributed by atoms with Gasteiger partial charge in [-0.1, -0.05) is 54.6 Å². The number of hydrogen-bond acceptors (Lipinski definition) is 1. The molecule has 18 heavy (non-hydrogen) atoms. The molecule has 1 unspecified atom stereocenters. The van der Waals surface area contributed by atoms with Crippen LogP contribution in [0.4, 0.5) is 0 Å². The van der Waals surface area contributed by atoms with E-state index >= 15 is 0 Å². The standard InChI is InChI=1S/C17H16O/c1-18-17-9-5-4-8-16(17)15-11-10-13-6-2-3-7-14(13)12-15/h2-11,15H,12H2,1H3. The fraction of sp³-hybridized carbons (Fsp3) is 0.176. The summed E-state index contributed by atoms with van der Waals surface area (Å²) in [5.74, 6) is 1.39. The molecule has 1 aliphatic carbocycles. The first kappa shape index (κ1) is 11.1. The van der Waals surface area contributed by atoms with E-state index in [4.69, 9.17) is 4.74 Å². The Bertz CT molecular complexity index is 584. The normalized spacial score (nSPS) is 17.3. The third-order valence-corrected chi connectivity index (χ3v) is 3.54. The molecule has 0 bridgehead atoms. The maximum absolute atomic E-state index is 5.45. The highest BCUT2D eigenvalue weighted by atomic mass is 16.5. The van der Waals surface area contributed by atoms with Gasteiger partial charge in [0.1, 0.15) is 5.75 Å². The molecule has 0 aromatic heterocycles.